The van der Waals surface area contributed by atoms with Crippen molar-refractivity contribution in [1.29, 1.82) is 0 Å². The first-order valence-corrected chi connectivity index (χ1v) is 9.72. The number of halogens is 1. The minimum Gasteiger partial charge on any atom is -0.481 e. The third kappa shape index (κ3) is 6.19. The molecule has 0 aliphatic heterocycles. The molecule has 158 valence electrons. The third-order valence-corrected chi connectivity index (χ3v) is 5.31. The highest BCUT2D eigenvalue weighted by Crippen LogP contribution is 2.34. The first-order valence-electron chi connectivity index (χ1n) is 9.34. The van der Waals surface area contributed by atoms with Crippen LogP contribution in [0.1, 0.15) is 45.1 Å². The summed E-state index contributed by atoms with van der Waals surface area (Å²) in [6, 6.07) is 4.62. The summed E-state index contributed by atoms with van der Waals surface area (Å²) in [7, 11) is 0. The van der Waals surface area contributed by atoms with Crippen molar-refractivity contribution >= 4 is 35.4 Å². The number of carboxylic acids is 2. The van der Waals surface area contributed by atoms with Gasteiger partial charge in [-0.05, 0) is 56.7 Å². The average molecular weight is 425 g/mol. The molecule has 1 aromatic rings. The van der Waals surface area contributed by atoms with Gasteiger partial charge in [0.2, 0.25) is 11.8 Å². The second-order valence-electron chi connectivity index (χ2n) is 7.75. The first kappa shape index (κ1) is 22.7. The molecule has 1 saturated carbocycles. The smallest absolute Gasteiger partial charge is 0.326 e. The van der Waals surface area contributed by atoms with Crippen LogP contribution in [0.5, 0.6) is 0 Å². The SMILES string of the molecule is CC(C)(C(=O)N[C@H](C(=O)N[C@H](CCC(=O)O)C(=O)O)C1CC1)c1ccc(Cl)cc1. The standard InChI is InChI=1S/C20H25ClN2O6/c1-20(2,12-5-7-13(21)8-6-12)19(29)23-16(11-3-4-11)17(26)22-14(18(27)28)9-10-15(24)25/h5-8,11,14,16H,3-4,9-10H2,1-2H3,(H,22,26)(H,23,29)(H,24,25)(H,27,28)/t14-,16+/m1/s1. The van der Waals surface area contributed by atoms with Crippen molar-refractivity contribution < 1.29 is 29.4 Å². The number of carboxylic acid groups (broad SMARTS) is 2. The van der Waals surface area contributed by atoms with Gasteiger partial charge in [0.25, 0.3) is 0 Å². The molecular weight excluding hydrogens is 400 g/mol. The van der Waals surface area contributed by atoms with Crippen LogP contribution >= 0.6 is 11.6 Å². The zero-order chi connectivity index (χ0) is 21.8. The van der Waals surface area contributed by atoms with Crippen LogP contribution in [0, 0.1) is 5.92 Å². The predicted octanol–water partition coefficient (Wildman–Crippen LogP) is 1.95. The lowest BCUT2D eigenvalue weighted by atomic mass is 9.83. The number of hydrogen-bond acceptors (Lipinski definition) is 4. The maximum absolute atomic E-state index is 12.9. The Kier molecular flexibility index (Phi) is 7.24. The van der Waals surface area contributed by atoms with Gasteiger partial charge in [-0.2, -0.15) is 0 Å². The number of amides is 2. The predicted molar refractivity (Wildman–Crippen MR) is 106 cm³/mol. The molecule has 2 rings (SSSR count). The monoisotopic (exact) mass is 424 g/mol. The van der Waals surface area contributed by atoms with Crippen LogP contribution in [0.15, 0.2) is 24.3 Å². The topological polar surface area (TPSA) is 133 Å². The molecule has 0 heterocycles. The van der Waals surface area contributed by atoms with Crippen LogP contribution in [0.3, 0.4) is 0 Å². The van der Waals surface area contributed by atoms with Crippen molar-refractivity contribution in [3.8, 4) is 0 Å². The van der Waals surface area contributed by atoms with Crippen LogP contribution in [-0.2, 0) is 24.6 Å². The van der Waals surface area contributed by atoms with Gasteiger partial charge >= 0.3 is 11.9 Å². The van der Waals surface area contributed by atoms with Crippen molar-refractivity contribution in [2.75, 3.05) is 0 Å². The summed E-state index contributed by atoms with van der Waals surface area (Å²) < 4.78 is 0. The highest BCUT2D eigenvalue weighted by atomic mass is 35.5. The van der Waals surface area contributed by atoms with E-state index in [0.29, 0.717) is 5.02 Å². The Balaban J connectivity index is 2.09. The van der Waals surface area contributed by atoms with Gasteiger partial charge < -0.3 is 20.8 Å². The molecule has 29 heavy (non-hydrogen) atoms. The van der Waals surface area contributed by atoms with Gasteiger partial charge in [0, 0.05) is 11.4 Å². The van der Waals surface area contributed by atoms with Crippen molar-refractivity contribution in [2.24, 2.45) is 5.92 Å². The molecule has 0 unspecified atom stereocenters. The number of hydrogen-bond donors (Lipinski definition) is 4. The summed E-state index contributed by atoms with van der Waals surface area (Å²) in [6.07, 6.45) is 0.860. The molecule has 1 aliphatic carbocycles. The molecule has 0 aromatic heterocycles. The molecule has 8 nitrogen and oxygen atoms in total. The normalized spacial score (nSPS) is 15.8. The van der Waals surface area contributed by atoms with Crippen molar-refractivity contribution in [1.82, 2.24) is 10.6 Å². The fraction of sp³-hybridized carbons (Fsp3) is 0.500. The van der Waals surface area contributed by atoms with Gasteiger partial charge in [-0.3, -0.25) is 14.4 Å². The molecule has 2 amide bonds. The number of carbonyl (C=O) groups is 4. The zero-order valence-corrected chi connectivity index (χ0v) is 17.0. The largest absolute Gasteiger partial charge is 0.481 e. The van der Waals surface area contributed by atoms with Gasteiger partial charge in [-0.1, -0.05) is 23.7 Å². The number of benzene rings is 1. The molecule has 2 atom stereocenters. The van der Waals surface area contributed by atoms with E-state index in [1.807, 2.05) is 0 Å². The lowest BCUT2D eigenvalue weighted by Gasteiger charge is -2.28. The van der Waals surface area contributed by atoms with Gasteiger partial charge in [-0.15, -0.1) is 0 Å². The number of carbonyl (C=O) groups excluding carboxylic acids is 2. The molecule has 9 heteroatoms. The fourth-order valence-corrected chi connectivity index (χ4v) is 3.06. The summed E-state index contributed by atoms with van der Waals surface area (Å²) in [4.78, 5) is 47.6. The van der Waals surface area contributed by atoms with Gasteiger partial charge in [0.15, 0.2) is 0 Å². The molecular formula is C20H25ClN2O6. The maximum atomic E-state index is 12.9. The maximum Gasteiger partial charge on any atom is 0.326 e. The second kappa shape index (κ2) is 9.26. The number of nitrogens with one attached hydrogen (secondary N) is 2. The van der Waals surface area contributed by atoms with E-state index in [4.69, 9.17) is 16.7 Å². The Morgan fingerprint density at radius 3 is 2.17 bits per heavy atom. The molecule has 0 saturated heterocycles. The van der Waals surface area contributed by atoms with Crippen LogP contribution in [-0.4, -0.2) is 46.0 Å². The molecule has 1 aliphatic rings. The minimum atomic E-state index is -1.33. The van der Waals surface area contributed by atoms with E-state index in [1.54, 1.807) is 38.1 Å². The zero-order valence-electron chi connectivity index (χ0n) is 16.3. The van der Waals surface area contributed by atoms with E-state index >= 15 is 0 Å². The van der Waals surface area contributed by atoms with Gasteiger partial charge in [0.1, 0.15) is 12.1 Å². The van der Waals surface area contributed by atoms with E-state index < -0.39 is 35.3 Å². The van der Waals surface area contributed by atoms with Crippen LogP contribution in [0.25, 0.3) is 0 Å². The Bertz CT molecular complexity index is 789. The first-order chi connectivity index (χ1) is 13.5. The van der Waals surface area contributed by atoms with Crippen LogP contribution in [0.4, 0.5) is 0 Å². The number of rotatable bonds is 10. The Morgan fingerprint density at radius 1 is 1.10 bits per heavy atom. The molecule has 0 radical (unpaired) electrons. The number of aliphatic carboxylic acids is 2. The van der Waals surface area contributed by atoms with E-state index in [0.717, 1.165) is 18.4 Å². The quantitative estimate of drug-likeness (QED) is 0.453. The minimum absolute atomic E-state index is 0.0751. The summed E-state index contributed by atoms with van der Waals surface area (Å²) in [6.45, 7) is 3.45. The highest BCUT2D eigenvalue weighted by molar-refractivity contribution is 6.30. The van der Waals surface area contributed by atoms with E-state index in [1.165, 1.54) is 0 Å². The molecule has 1 fully saturated rings. The molecule has 1 aromatic carbocycles. The lowest BCUT2D eigenvalue weighted by molar-refractivity contribution is -0.143. The third-order valence-electron chi connectivity index (χ3n) is 5.06. The Hall–Kier alpha value is -2.61. The van der Waals surface area contributed by atoms with Crippen molar-refractivity contribution in [2.45, 2.75) is 57.0 Å². The van der Waals surface area contributed by atoms with Gasteiger partial charge in [0.05, 0.1) is 5.41 Å². The van der Waals surface area contributed by atoms with Crippen LogP contribution < -0.4 is 10.6 Å². The summed E-state index contributed by atoms with van der Waals surface area (Å²) >= 11 is 5.90. The molecule has 0 bridgehead atoms. The molecule has 4 N–H and O–H groups in total. The summed E-state index contributed by atoms with van der Waals surface area (Å²) in [5.41, 5.74) is -0.215. The van der Waals surface area contributed by atoms with Crippen LogP contribution in [0.2, 0.25) is 5.02 Å². The second-order valence-corrected chi connectivity index (χ2v) is 8.19. The highest BCUT2D eigenvalue weighted by Gasteiger charge is 2.41. The van der Waals surface area contributed by atoms with E-state index in [-0.39, 0.29) is 24.7 Å². The molecule has 0 spiro atoms. The Morgan fingerprint density at radius 2 is 1.69 bits per heavy atom. The lowest BCUT2D eigenvalue weighted by Crippen LogP contribution is -2.55. The van der Waals surface area contributed by atoms with E-state index in [2.05, 4.69) is 10.6 Å². The Labute approximate surface area is 173 Å². The summed E-state index contributed by atoms with van der Waals surface area (Å²) in [5, 5.41) is 23.7. The summed E-state index contributed by atoms with van der Waals surface area (Å²) in [5.74, 6) is -3.53. The van der Waals surface area contributed by atoms with E-state index in [9.17, 15) is 24.3 Å². The fourth-order valence-electron chi connectivity index (χ4n) is 2.93. The van der Waals surface area contributed by atoms with Gasteiger partial charge in [-0.25, -0.2) is 4.79 Å². The van der Waals surface area contributed by atoms with Crippen molar-refractivity contribution in [3.63, 3.8) is 0 Å². The van der Waals surface area contributed by atoms with Crippen molar-refractivity contribution in [3.05, 3.63) is 34.9 Å². The average Bonchev–Trinajstić information content (AvgIpc) is 3.47.